The first kappa shape index (κ1) is 42.6. The van der Waals surface area contributed by atoms with Gasteiger partial charge in [-0.15, -0.1) is 10.9 Å². The first-order valence-electron chi connectivity index (χ1n) is 22.8. The molecule has 2 heterocycles. The van der Waals surface area contributed by atoms with Crippen LogP contribution in [-0.4, -0.2) is 64.1 Å². The number of benzene rings is 10. The second-order valence-corrected chi connectivity index (χ2v) is 17.6. The van der Waals surface area contributed by atoms with Crippen LogP contribution in [0.3, 0.4) is 0 Å². The highest BCUT2D eigenvalue weighted by Crippen LogP contribution is 2.38. The molecule has 12 rings (SSSR count). The standard InChI is InChI=1S/C60H33B7N2/c61-52-49(42-24-30-47-46(32-42)45-29-23-41(36-15-8-3-9-16-36)33-48(45)68(47)43-25-19-37(20-26-43)34-11-4-1-5-12-34)53(62)57(66)59-50(52)51-54(63)55(64)56(65)58(67)60(51)69(59)44-27-21-38(22-28-44)40-18-10-17-39(31-40)35-13-6-2-7-14-35/h1-33H. The van der Waals surface area contributed by atoms with Gasteiger partial charge in [0.05, 0.1) is 11.0 Å². The maximum atomic E-state index is 7.42. The molecule has 10 aromatic carbocycles. The predicted molar refractivity (Wildman–Crippen MR) is 300 cm³/mol. The number of rotatable bonds is 7. The second kappa shape index (κ2) is 16.8. The van der Waals surface area contributed by atoms with E-state index in [1.165, 1.54) is 0 Å². The average Bonchev–Trinajstić information content (AvgIpc) is 3.94. The minimum absolute atomic E-state index is 0.171. The maximum Gasteiger partial charge on any atom is 0.115 e. The van der Waals surface area contributed by atoms with Crippen LogP contribution in [0.4, 0.5) is 0 Å². The Morgan fingerprint density at radius 2 is 0.667 bits per heavy atom. The van der Waals surface area contributed by atoms with Gasteiger partial charge in [0, 0.05) is 38.6 Å². The zero-order chi connectivity index (χ0) is 47.1. The molecule has 0 aliphatic rings. The van der Waals surface area contributed by atoms with Crippen molar-refractivity contribution in [3.8, 4) is 67.0 Å². The predicted octanol–water partition coefficient (Wildman–Crippen LogP) is 7.77. The molecule has 0 N–H and O–H groups in total. The SMILES string of the molecule is [B]c1c([B])c([B])c2c(c1[B])c1c([B])c(-c3ccc4c(c3)c3ccc(-c5ccccc5)cc3n4-c3ccc(-c4ccccc4)cc3)c([B])c([B])c1n2-c1ccc(-c2cccc(-c3ccccc3)c2)cc1. The Labute approximate surface area is 410 Å². The van der Waals surface area contributed by atoms with E-state index in [1.54, 1.807) is 0 Å². The normalized spacial score (nSPS) is 11.6. The van der Waals surface area contributed by atoms with E-state index in [2.05, 4.69) is 162 Å². The van der Waals surface area contributed by atoms with E-state index < -0.39 is 0 Å². The molecule has 0 aliphatic heterocycles. The molecule has 0 aliphatic carbocycles. The van der Waals surface area contributed by atoms with E-state index in [0.717, 1.165) is 83.3 Å². The van der Waals surface area contributed by atoms with Gasteiger partial charge in [-0.3, -0.25) is 0 Å². The molecular formula is C60H33B7N2. The fraction of sp³-hybridized carbons (Fsp3) is 0. The number of nitrogens with zero attached hydrogens (tertiary/aromatic N) is 2. The molecule has 0 saturated heterocycles. The van der Waals surface area contributed by atoms with Crippen LogP contribution in [0.25, 0.3) is 111 Å². The van der Waals surface area contributed by atoms with Crippen molar-refractivity contribution in [1.29, 1.82) is 0 Å². The molecule has 0 amide bonds. The Bertz CT molecular complexity index is 3990. The summed E-state index contributed by atoms with van der Waals surface area (Å²) in [5.74, 6) is 0. The Hall–Kier alpha value is -7.75. The Kier molecular flexibility index (Phi) is 10.4. The summed E-state index contributed by atoms with van der Waals surface area (Å²) >= 11 is 0. The van der Waals surface area contributed by atoms with Crippen LogP contribution in [0, 0.1) is 0 Å². The van der Waals surface area contributed by atoms with Gasteiger partial charge in [0.15, 0.2) is 0 Å². The van der Waals surface area contributed by atoms with Gasteiger partial charge in [-0.2, -0.15) is 0 Å². The van der Waals surface area contributed by atoms with Crippen LogP contribution in [0.15, 0.2) is 200 Å². The van der Waals surface area contributed by atoms with Crippen LogP contribution in [0.5, 0.6) is 0 Å². The lowest BCUT2D eigenvalue weighted by atomic mass is 9.64. The molecule has 0 atom stereocenters. The molecule has 0 unspecified atom stereocenters. The van der Waals surface area contributed by atoms with Crippen molar-refractivity contribution >= 4 is 137 Å². The summed E-state index contributed by atoms with van der Waals surface area (Å²) in [5, 5.41) is 3.21. The third-order valence-corrected chi connectivity index (χ3v) is 13.7. The van der Waals surface area contributed by atoms with Crippen LogP contribution in [0.1, 0.15) is 0 Å². The first-order valence-corrected chi connectivity index (χ1v) is 22.8. The maximum absolute atomic E-state index is 7.42. The summed E-state index contributed by atoms with van der Waals surface area (Å²) in [4.78, 5) is 0. The lowest BCUT2D eigenvalue weighted by Gasteiger charge is -2.19. The lowest BCUT2D eigenvalue weighted by Crippen LogP contribution is -2.48. The minimum atomic E-state index is 0.171. The summed E-state index contributed by atoms with van der Waals surface area (Å²) in [6.45, 7) is 0. The topological polar surface area (TPSA) is 9.86 Å². The largest absolute Gasteiger partial charge is 0.311 e. The van der Waals surface area contributed by atoms with Gasteiger partial charge in [-0.1, -0.05) is 179 Å². The van der Waals surface area contributed by atoms with Crippen molar-refractivity contribution in [2.24, 2.45) is 0 Å². The van der Waals surface area contributed by atoms with Crippen LogP contribution in [0.2, 0.25) is 0 Å². The van der Waals surface area contributed by atoms with Crippen molar-refractivity contribution < 1.29 is 0 Å². The zero-order valence-corrected chi connectivity index (χ0v) is 37.5. The summed E-state index contributed by atoms with van der Waals surface area (Å²) in [7, 11) is 49.0. The van der Waals surface area contributed by atoms with Crippen LogP contribution in [-0.2, 0) is 0 Å². The second-order valence-electron chi connectivity index (χ2n) is 17.6. The van der Waals surface area contributed by atoms with Crippen molar-refractivity contribution in [3.63, 3.8) is 0 Å². The van der Waals surface area contributed by atoms with Crippen molar-refractivity contribution in [2.75, 3.05) is 0 Å². The highest BCUT2D eigenvalue weighted by atomic mass is 15.0. The average molecular weight is 858 g/mol. The molecule has 9 heteroatoms. The fourth-order valence-electron chi connectivity index (χ4n) is 10.3. The summed E-state index contributed by atoms with van der Waals surface area (Å²) in [5.41, 5.74) is 17.1. The zero-order valence-electron chi connectivity index (χ0n) is 37.5. The third kappa shape index (κ3) is 6.89. The van der Waals surface area contributed by atoms with Gasteiger partial charge in [-0.25, -0.2) is 0 Å². The Balaban J connectivity index is 1.05. The highest BCUT2D eigenvalue weighted by Gasteiger charge is 2.25. The smallest absolute Gasteiger partial charge is 0.115 e. The first-order chi connectivity index (χ1) is 33.7. The van der Waals surface area contributed by atoms with E-state index in [4.69, 9.17) is 54.9 Å². The van der Waals surface area contributed by atoms with Gasteiger partial charge in [-0.05, 0) is 110 Å². The van der Waals surface area contributed by atoms with E-state index >= 15 is 0 Å². The molecule has 0 fully saturated rings. The summed E-state index contributed by atoms with van der Waals surface area (Å²) in [6.07, 6.45) is 0. The molecule has 69 heavy (non-hydrogen) atoms. The summed E-state index contributed by atoms with van der Waals surface area (Å²) in [6, 6.07) is 69.5. The minimum Gasteiger partial charge on any atom is -0.311 e. The van der Waals surface area contributed by atoms with Crippen LogP contribution >= 0.6 is 0 Å². The van der Waals surface area contributed by atoms with Crippen molar-refractivity contribution in [2.45, 2.75) is 0 Å². The van der Waals surface area contributed by atoms with E-state index in [1.807, 2.05) is 47.0 Å². The molecule has 0 saturated carbocycles. The molecule has 0 bridgehead atoms. The molecule has 12 aromatic rings. The van der Waals surface area contributed by atoms with E-state index in [0.29, 0.717) is 43.8 Å². The van der Waals surface area contributed by atoms with Gasteiger partial charge < -0.3 is 9.13 Å². The molecule has 304 valence electrons. The van der Waals surface area contributed by atoms with E-state index in [-0.39, 0.29) is 21.9 Å². The Morgan fingerprint density at radius 1 is 0.246 bits per heavy atom. The van der Waals surface area contributed by atoms with Crippen LogP contribution < -0.4 is 38.2 Å². The number of aromatic nitrogens is 2. The fourth-order valence-corrected chi connectivity index (χ4v) is 10.3. The third-order valence-electron chi connectivity index (χ3n) is 13.7. The van der Waals surface area contributed by atoms with Gasteiger partial charge in [0.25, 0.3) is 0 Å². The monoisotopic (exact) mass is 858 g/mol. The molecule has 14 radical (unpaired) electrons. The quantitative estimate of drug-likeness (QED) is 0.145. The Morgan fingerprint density at radius 3 is 1.25 bits per heavy atom. The number of hydrogen-bond donors (Lipinski definition) is 0. The highest BCUT2D eigenvalue weighted by molar-refractivity contribution is 6.69. The number of hydrogen-bond acceptors (Lipinski definition) is 0. The van der Waals surface area contributed by atoms with Crippen molar-refractivity contribution in [3.05, 3.63) is 200 Å². The molecule has 2 aromatic heterocycles. The molecule has 2 nitrogen and oxygen atoms in total. The van der Waals surface area contributed by atoms with E-state index in [9.17, 15) is 0 Å². The van der Waals surface area contributed by atoms with Gasteiger partial charge >= 0.3 is 0 Å². The summed E-state index contributed by atoms with van der Waals surface area (Å²) < 4.78 is 4.27. The lowest BCUT2D eigenvalue weighted by molar-refractivity contribution is 1.18. The molecule has 0 spiro atoms. The number of fused-ring (bicyclic) bond motifs is 6. The van der Waals surface area contributed by atoms with Crippen molar-refractivity contribution in [1.82, 2.24) is 9.13 Å². The molecular weight excluding hydrogens is 824 g/mol. The van der Waals surface area contributed by atoms with Gasteiger partial charge in [0.2, 0.25) is 0 Å². The van der Waals surface area contributed by atoms with Gasteiger partial charge in [0.1, 0.15) is 54.9 Å².